The second kappa shape index (κ2) is 6.78. The molecule has 0 aromatic heterocycles. The van der Waals surface area contributed by atoms with Crippen LogP contribution in [0.3, 0.4) is 0 Å². The summed E-state index contributed by atoms with van der Waals surface area (Å²) in [6.45, 7) is 2.73. The molecule has 128 valence electrons. The van der Waals surface area contributed by atoms with Gasteiger partial charge in [-0.05, 0) is 44.5 Å². The van der Waals surface area contributed by atoms with Crippen LogP contribution in [0.15, 0.2) is 18.2 Å². The summed E-state index contributed by atoms with van der Waals surface area (Å²) in [6.07, 6.45) is -3.07. The molecule has 1 aromatic rings. The summed E-state index contributed by atoms with van der Waals surface area (Å²) in [7, 11) is 3.45. The standard InChI is InChI=1S/C16H22F3N3O/c1-10-8-11(6-7-20-10)15(23)21-13-9-12(16(17,18)19)4-5-14(13)22(2)3/h4-5,9-11,20H,6-8H2,1-3H3,(H,21,23)/t10-,11-/m0/s1. The number of carbonyl (C=O) groups excluding carboxylic acids is 1. The molecule has 0 saturated carbocycles. The number of hydrogen-bond acceptors (Lipinski definition) is 3. The number of benzene rings is 1. The van der Waals surface area contributed by atoms with Crippen LogP contribution in [-0.2, 0) is 11.0 Å². The van der Waals surface area contributed by atoms with Crippen molar-refractivity contribution >= 4 is 17.3 Å². The molecule has 2 atom stereocenters. The van der Waals surface area contributed by atoms with E-state index in [2.05, 4.69) is 10.6 Å². The number of carbonyl (C=O) groups is 1. The molecule has 1 saturated heterocycles. The van der Waals surface area contributed by atoms with Crippen molar-refractivity contribution in [3.8, 4) is 0 Å². The first-order chi connectivity index (χ1) is 10.7. The normalized spacial score (nSPS) is 21.8. The third-order valence-corrected chi connectivity index (χ3v) is 4.06. The van der Waals surface area contributed by atoms with Gasteiger partial charge in [0.1, 0.15) is 0 Å². The van der Waals surface area contributed by atoms with Gasteiger partial charge in [-0.1, -0.05) is 0 Å². The molecule has 0 bridgehead atoms. The Hall–Kier alpha value is -1.76. The Kier molecular flexibility index (Phi) is 5.19. The quantitative estimate of drug-likeness (QED) is 0.896. The Morgan fingerprint density at radius 3 is 2.61 bits per heavy atom. The van der Waals surface area contributed by atoms with E-state index in [-0.39, 0.29) is 23.6 Å². The zero-order valence-corrected chi connectivity index (χ0v) is 13.5. The zero-order valence-electron chi connectivity index (χ0n) is 13.5. The summed E-state index contributed by atoms with van der Waals surface area (Å²) in [5.41, 5.74) is -0.0218. The van der Waals surface area contributed by atoms with E-state index in [1.165, 1.54) is 6.07 Å². The molecule has 0 spiro atoms. The number of hydrogen-bond donors (Lipinski definition) is 2. The second-order valence-electron chi connectivity index (χ2n) is 6.19. The van der Waals surface area contributed by atoms with Crippen LogP contribution in [0.5, 0.6) is 0 Å². The third-order valence-electron chi connectivity index (χ3n) is 4.06. The van der Waals surface area contributed by atoms with Gasteiger partial charge in [0.15, 0.2) is 0 Å². The lowest BCUT2D eigenvalue weighted by Gasteiger charge is -2.28. The van der Waals surface area contributed by atoms with Crippen molar-refractivity contribution in [2.75, 3.05) is 30.9 Å². The van der Waals surface area contributed by atoms with Gasteiger partial charge < -0.3 is 15.5 Å². The predicted octanol–water partition coefficient (Wildman–Crippen LogP) is 3.10. The summed E-state index contributed by atoms with van der Waals surface area (Å²) in [5.74, 6) is -0.406. The van der Waals surface area contributed by atoms with Crippen molar-refractivity contribution in [3.63, 3.8) is 0 Å². The fraction of sp³-hybridized carbons (Fsp3) is 0.562. The number of piperidine rings is 1. The monoisotopic (exact) mass is 329 g/mol. The summed E-state index contributed by atoms with van der Waals surface area (Å²) in [6, 6.07) is 3.63. The average Bonchev–Trinajstić information content (AvgIpc) is 2.46. The molecule has 1 amide bonds. The van der Waals surface area contributed by atoms with Crippen LogP contribution in [0.1, 0.15) is 25.3 Å². The summed E-state index contributed by atoms with van der Waals surface area (Å²) < 4.78 is 38.7. The van der Waals surface area contributed by atoms with Gasteiger partial charge >= 0.3 is 6.18 Å². The molecule has 1 fully saturated rings. The molecule has 1 aliphatic heterocycles. The topological polar surface area (TPSA) is 44.4 Å². The van der Waals surface area contributed by atoms with Crippen molar-refractivity contribution in [1.82, 2.24) is 5.32 Å². The van der Waals surface area contributed by atoms with Crippen LogP contribution < -0.4 is 15.5 Å². The maximum Gasteiger partial charge on any atom is 0.416 e. The van der Waals surface area contributed by atoms with Crippen LogP contribution in [0.25, 0.3) is 0 Å². The van der Waals surface area contributed by atoms with Crippen molar-refractivity contribution in [3.05, 3.63) is 23.8 Å². The minimum absolute atomic E-state index is 0.184. The molecule has 0 aliphatic carbocycles. The second-order valence-corrected chi connectivity index (χ2v) is 6.19. The SMILES string of the molecule is C[C@H]1C[C@@H](C(=O)Nc2cc(C(F)(F)F)ccc2N(C)C)CCN1. The van der Waals surface area contributed by atoms with Gasteiger partial charge in [0.25, 0.3) is 0 Å². The molecule has 1 heterocycles. The van der Waals surface area contributed by atoms with Crippen LogP contribution in [-0.4, -0.2) is 32.6 Å². The van der Waals surface area contributed by atoms with Gasteiger partial charge in [-0.2, -0.15) is 13.2 Å². The molecule has 0 radical (unpaired) electrons. The highest BCUT2D eigenvalue weighted by atomic mass is 19.4. The number of rotatable bonds is 3. The lowest BCUT2D eigenvalue weighted by atomic mass is 9.92. The molecule has 2 rings (SSSR count). The highest BCUT2D eigenvalue weighted by Crippen LogP contribution is 2.35. The van der Waals surface area contributed by atoms with Gasteiger partial charge in [0.2, 0.25) is 5.91 Å². The molecule has 4 nitrogen and oxygen atoms in total. The molecule has 1 aliphatic rings. The number of halogens is 3. The van der Waals surface area contributed by atoms with E-state index in [1.54, 1.807) is 19.0 Å². The number of amides is 1. The van der Waals surface area contributed by atoms with E-state index in [0.717, 1.165) is 18.7 Å². The summed E-state index contributed by atoms with van der Waals surface area (Å²) >= 11 is 0. The summed E-state index contributed by atoms with van der Waals surface area (Å²) in [4.78, 5) is 14.1. The maximum atomic E-state index is 12.9. The van der Waals surface area contributed by atoms with Crippen LogP contribution >= 0.6 is 0 Å². The average molecular weight is 329 g/mol. The van der Waals surface area contributed by atoms with E-state index in [0.29, 0.717) is 18.5 Å². The number of nitrogens with zero attached hydrogens (tertiary/aromatic N) is 1. The van der Waals surface area contributed by atoms with Crippen LogP contribution in [0.2, 0.25) is 0 Å². The predicted molar refractivity (Wildman–Crippen MR) is 84.6 cm³/mol. The third kappa shape index (κ3) is 4.37. The molecule has 7 heteroatoms. The first kappa shape index (κ1) is 17.6. The van der Waals surface area contributed by atoms with Crippen molar-refractivity contribution in [2.45, 2.75) is 32.0 Å². The highest BCUT2D eigenvalue weighted by molar-refractivity contribution is 5.96. The van der Waals surface area contributed by atoms with Crippen LogP contribution in [0.4, 0.5) is 24.5 Å². The fourth-order valence-electron chi connectivity index (χ4n) is 2.81. The Morgan fingerprint density at radius 2 is 2.04 bits per heavy atom. The number of alkyl halides is 3. The first-order valence-corrected chi connectivity index (χ1v) is 7.61. The Balaban J connectivity index is 2.24. The minimum Gasteiger partial charge on any atom is -0.376 e. The highest BCUT2D eigenvalue weighted by Gasteiger charge is 2.32. The van der Waals surface area contributed by atoms with Crippen molar-refractivity contribution < 1.29 is 18.0 Å². The minimum atomic E-state index is -4.44. The molecule has 2 N–H and O–H groups in total. The first-order valence-electron chi connectivity index (χ1n) is 7.61. The Labute approximate surface area is 134 Å². The van der Waals surface area contributed by atoms with Gasteiger partial charge in [-0.25, -0.2) is 0 Å². The van der Waals surface area contributed by atoms with Gasteiger partial charge in [0.05, 0.1) is 16.9 Å². The van der Waals surface area contributed by atoms with Crippen LogP contribution in [0, 0.1) is 5.92 Å². The van der Waals surface area contributed by atoms with Crippen molar-refractivity contribution in [1.29, 1.82) is 0 Å². The lowest BCUT2D eigenvalue weighted by Crippen LogP contribution is -2.40. The van der Waals surface area contributed by atoms with E-state index in [4.69, 9.17) is 0 Å². The largest absolute Gasteiger partial charge is 0.416 e. The Bertz CT molecular complexity index is 572. The van der Waals surface area contributed by atoms with E-state index >= 15 is 0 Å². The summed E-state index contributed by atoms with van der Waals surface area (Å²) in [5, 5.41) is 5.94. The Morgan fingerprint density at radius 1 is 1.35 bits per heavy atom. The van der Waals surface area contributed by atoms with E-state index in [1.807, 2.05) is 6.92 Å². The molecule has 23 heavy (non-hydrogen) atoms. The van der Waals surface area contributed by atoms with E-state index in [9.17, 15) is 18.0 Å². The van der Waals surface area contributed by atoms with Gasteiger partial charge in [-0.15, -0.1) is 0 Å². The van der Waals surface area contributed by atoms with Crippen molar-refractivity contribution in [2.24, 2.45) is 5.92 Å². The number of nitrogens with one attached hydrogen (secondary N) is 2. The maximum absolute atomic E-state index is 12.9. The fourth-order valence-corrected chi connectivity index (χ4v) is 2.81. The molecular weight excluding hydrogens is 307 g/mol. The molecule has 0 unspecified atom stereocenters. The molecular formula is C16H22F3N3O. The smallest absolute Gasteiger partial charge is 0.376 e. The lowest BCUT2D eigenvalue weighted by molar-refractivity contribution is -0.137. The zero-order chi connectivity index (χ0) is 17.2. The number of anilines is 2. The van der Waals surface area contributed by atoms with Gasteiger partial charge in [0, 0.05) is 26.1 Å². The van der Waals surface area contributed by atoms with E-state index < -0.39 is 11.7 Å². The van der Waals surface area contributed by atoms with Gasteiger partial charge in [-0.3, -0.25) is 4.79 Å². The molecule has 1 aromatic carbocycles.